The fourth-order valence-corrected chi connectivity index (χ4v) is 1.12. The zero-order chi connectivity index (χ0) is 26.5. The maximum atomic E-state index is 8.44. The second-order valence-corrected chi connectivity index (χ2v) is 3.99. The minimum Gasteiger partial charge on any atom is -0.379 e. The molecule has 40 heavy (non-hydrogen) atoms. The van der Waals surface area contributed by atoms with Crippen LogP contribution in [0.4, 0.5) is 0 Å². The monoisotopic (exact) mass is 611 g/mol. The molecule has 0 amide bonds. The Hall–Kier alpha value is -0.825. The summed E-state index contributed by atoms with van der Waals surface area (Å²) in [7, 11) is -3.11. The van der Waals surface area contributed by atoms with Gasteiger partial charge in [-0.15, -0.1) is 12.6 Å². The van der Waals surface area contributed by atoms with Crippen LogP contribution in [0.2, 0.25) is 0 Å². The average Bonchev–Trinajstić information content (AvgIpc) is 2.82. The van der Waals surface area contributed by atoms with Gasteiger partial charge in [-0.25, -0.2) is 0 Å². The minimum atomic E-state index is -3.11. The summed E-state index contributed by atoms with van der Waals surface area (Å²) in [6.07, 6.45) is 0.839. The van der Waals surface area contributed by atoms with E-state index in [1.54, 1.807) is 6.92 Å². The van der Waals surface area contributed by atoms with Gasteiger partial charge in [0, 0.05) is 26.5 Å². The number of hydrogen-bond acceptors (Lipinski definition) is 5. The van der Waals surface area contributed by atoms with Crippen LogP contribution in [0, 0.1) is 13.8 Å². The third kappa shape index (κ3) is 165. The second-order valence-electron chi connectivity index (χ2n) is 3.58. The van der Waals surface area contributed by atoms with Crippen LogP contribution in [0.15, 0.2) is 29.4 Å². The van der Waals surface area contributed by atoms with Gasteiger partial charge in [-0.05, 0) is 23.6 Å². The van der Waals surface area contributed by atoms with Crippen molar-refractivity contribution in [2.24, 2.45) is 5.11 Å². The SMILES string of the molecule is C.C.C.C.C.C.C.CC.CC.CC.CC.CC.CCN=[N+]=[N-].O=S(=O)=O.[B].[CH2-]CCOCc1ccccc1C.[Na+]. The molecule has 0 bridgehead atoms. The molecule has 0 N–H and O–H groups in total. The fourth-order valence-electron chi connectivity index (χ4n) is 1.12. The van der Waals surface area contributed by atoms with Gasteiger partial charge in [-0.2, -0.15) is 6.42 Å². The van der Waals surface area contributed by atoms with Crippen molar-refractivity contribution in [3.63, 3.8) is 0 Å². The van der Waals surface area contributed by atoms with E-state index < -0.39 is 10.6 Å². The van der Waals surface area contributed by atoms with Crippen molar-refractivity contribution in [3.8, 4) is 0 Å². The molecule has 3 radical (unpaired) electrons. The van der Waals surface area contributed by atoms with Crippen LogP contribution < -0.4 is 29.6 Å². The largest absolute Gasteiger partial charge is 1.00 e. The van der Waals surface area contributed by atoms with E-state index >= 15 is 0 Å². The number of hydrogen-bond donors (Lipinski definition) is 0. The normalized spacial score (nSPS) is 5.12. The van der Waals surface area contributed by atoms with Crippen molar-refractivity contribution in [3.05, 3.63) is 52.8 Å². The van der Waals surface area contributed by atoms with Crippen LogP contribution in [0.25, 0.3) is 10.4 Å². The molecule has 0 saturated heterocycles. The van der Waals surface area contributed by atoms with Crippen LogP contribution >= 0.6 is 0 Å². The maximum Gasteiger partial charge on any atom is 1.00 e. The van der Waals surface area contributed by atoms with Crippen molar-refractivity contribution in [1.82, 2.24) is 0 Å². The summed E-state index contributed by atoms with van der Waals surface area (Å²) in [6.45, 7) is 29.6. The molecule has 0 aliphatic heterocycles. The number of nitrogens with zero attached hydrogens (tertiary/aromatic N) is 3. The Balaban J connectivity index is -0.0000000130. The first-order chi connectivity index (χ1) is 15.0. The van der Waals surface area contributed by atoms with Gasteiger partial charge in [0.25, 0.3) is 0 Å². The summed E-state index contributed by atoms with van der Waals surface area (Å²) in [4.78, 5) is 2.48. The average molecular weight is 611 g/mol. The quantitative estimate of drug-likeness (QED) is 0.0826. The molecule has 247 valence electrons. The predicted octanol–water partition coefficient (Wildman–Crippen LogP) is 9.26. The Morgan fingerprint density at radius 3 is 1.30 bits per heavy atom. The number of benzene rings is 1. The molecular formula is C30H78BN3NaO4S. The Bertz CT molecular complexity index is 540. The zero-order valence-electron chi connectivity index (χ0n) is 23.8. The summed E-state index contributed by atoms with van der Waals surface area (Å²) >= 11 is 0. The fraction of sp³-hybridized carbons (Fsp3) is 0.767. The van der Waals surface area contributed by atoms with Crippen molar-refractivity contribution in [2.75, 3.05) is 13.2 Å². The first-order valence-corrected chi connectivity index (χ1v) is 12.2. The van der Waals surface area contributed by atoms with Gasteiger partial charge in [0.05, 0.1) is 6.61 Å². The van der Waals surface area contributed by atoms with Gasteiger partial charge in [0.15, 0.2) is 0 Å². The summed E-state index contributed by atoms with van der Waals surface area (Å²) in [6, 6.07) is 8.28. The molecule has 7 nitrogen and oxygen atoms in total. The van der Waals surface area contributed by atoms with Gasteiger partial charge >= 0.3 is 40.2 Å². The summed E-state index contributed by atoms with van der Waals surface area (Å²) in [5, 5.41) is 3.15. The van der Waals surface area contributed by atoms with E-state index in [1.807, 2.05) is 81.4 Å². The molecule has 0 fully saturated rings. The third-order valence-corrected chi connectivity index (χ3v) is 2.01. The smallest absolute Gasteiger partial charge is 0.379 e. The molecule has 0 aromatic heterocycles. The molecule has 0 atom stereocenters. The third-order valence-electron chi connectivity index (χ3n) is 2.01. The molecule has 0 saturated carbocycles. The summed E-state index contributed by atoms with van der Waals surface area (Å²) < 4.78 is 30.7. The van der Waals surface area contributed by atoms with Crippen LogP contribution in [-0.2, 0) is 22.0 Å². The topological polar surface area (TPSA) is 109 Å². The number of aryl methyl sites for hydroxylation is 1. The molecule has 0 aliphatic carbocycles. The first kappa shape index (κ1) is 106. The van der Waals surface area contributed by atoms with E-state index in [0.717, 1.165) is 13.0 Å². The molecule has 0 spiro atoms. The van der Waals surface area contributed by atoms with Crippen molar-refractivity contribution in [2.45, 2.75) is 148 Å². The van der Waals surface area contributed by atoms with E-state index in [4.69, 9.17) is 22.9 Å². The second kappa shape index (κ2) is 143. The van der Waals surface area contributed by atoms with Gasteiger partial charge in [-0.1, -0.05) is 158 Å². The van der Waals surface area contributed by atoms with Crippen molar-refractivity contribution >= 4 is 19.0 Å². The number of ether oxygens (including phenoxy) is 1. The molecule has 0 unspecified atom stereocenters. The van der Waals surface area contributed by atoms with Gasteiger partial charge in [0.1, 0.15) is 0 Å². The Morgan fingerprint density at radius 1 is 0.800 bits per heavy atom. The summed E-state index contributed by atoms with van der Waals surface area (Å²) in [5.74, 6) is 0. The molecule has 1 aromatic carbocycles. The number of azide groups is 1. The summed E-state index contributed by atoms with van der Waals surface area (Å²) in [5.41, 5.74) is 10.1. The van der Waals surface area contributed by atoms with Gasteiger partial charge in [0.2, 0.25) is 0 Å². The molecule has 0 heterocycles. The molecule has 1 rings (SSSR count). The van der Waals surface area contributed by atoms with Gasteiger partial charge < -0.3 is 11.7 Å². The molecule has 10 heteroatoms. The Morgan fingerprint density at radius 2 is 1.10 bits per heavy atom. The Labute approximate surface area is 283 Å². The van der Waals surface area contributed by atoms with E-state index in [2.05, 4.69) is 36.0 Å². The minimum absolute atomic E-state index is 0. The molecule has 1 aromatic rings. The predicted molar refractivity (Wildman–Crippen MR) is 190 cm³/mol. The van der Waals surface area contributed by atoms with Crippen LogP contribution in [-0.4, -0.2) is 34.2 Å². The molecule has 0 aliphatic rings. The maximum absolute atomic E-state index is 8.44. The van der Waals surface area contributed by atoms with E-state index in [9.17, 15) is 0 Å². The van der Waals surface area contributed by atoms with Crippen molar-refractivity contribution in [1.29, 1.82) is 0 Å². The van der Waals surface area contributed by atoms with Crippen LogP contribution in [0.5, 0.6) is 0 Å². The number of rotatable bonds is 5. The standard InChI is InChI=1S/C11H15O.C2H5N3.5C2H6.7CH4.B.Na.O3S/c1-3-8-12-9-11-7-5-4-6-10(11)2;1-2-4-5-3;5*1-2;;;;;;;;;;1-4(2)3/h4-7H,1,3,8-9H2,2H3;2H2,1H3;5*1-2H3;7*1H4;;;/q-1;;;;;;;;;;;;;;;+1;. The van der Waals surface area contributed by atoms with Crippen molar-refractivity contribution < 1.29 is 46.9 Å². The molecular weight excluding hydrogens is 532 g/mol. The zero-order valence-corrected chi connectivity index (χ0v) is 26.6. The first-order valence-electron chi connectivity index (χ1n) is 11.2. The van der Waals surface area contributed by atoms with E-state index in [1.165, 1.54) is 11.1 Å². The van der Waals surface area contributed by atoms with Crippen LogP contribution in [0.3, 0.4) is 0 Å². The van der Waals surface area contributed by atoms with Crippen LogP contribution in [0.1, 0.15) is 146 Å². The van der Waals surface area contributed by atoms with E-state index in [0.29, 0.717) is 13.2 Å². The van der Waals surface area contributed by atoms with Gasteiger partial charge in [-0.3, -0.25) is 0 Å². The Kier molecular flexibility index (Phi) is 381. The van der Waals surface area contributed by atoms with E-state index in [-0.39, 0.29) is 90.0 Å².